The summed E-state index contributed by atoms with van der Waals surface area (Å²) in [5, 5.41) is 0. The number of aromatic nitrogens is 1. The van der Waals surface area contributed by atoms with Crippen LogP contribution < -0.4 is 16.0 Å². The molecule has 0 fully saturated rings. The van der Waals surface area contributed by atoms with E-state index < -0.39 is 0 Å². The number of hydrazine groups is 1. The molecule has 5 heteroatoms. The number of pyridine rings is 1. The maximum absolute atomic E-state index is 13.7. The molecule has 0 spiro atoms. The Morgan fingerprint density at radius 1 is 1.37 bits per heavy atom. The number of halogens is 1. The van der Waals surface area contributed by atoms with Crippen LogP contribution in [0.3, 0.4) is 0 Å². The molecule has 0 bridgehead atoms. The molecular weight excluding hydrogens is 245 g/mol. The Morgan fingerprint density at radius 3 is 2.84 bits per heavy atom. The van der Waals surface area contributed by atoms with Gasteiger partial charge in [0.15, 0.2) is 0 Å². The number of nitrogens with one attached hydrogen (secondary N) is 1. The van der Waals surface area contributed by atoms with Crippen molar-refractivity contribution in [1.29, 1.82) is 0 Å². The van der Waals surface area contributed by atoms with E-state index in [9.17, 15) is 4.39 Å². The fraction of sp³-hybridized carbons (Fsp3) is 0.214. The third-order valence-corrected chi connectivity index (χ3v) is 3.00. The lowest BCUT2D eigenvalue weighted by Gasteiger charge is -2.18. The highest BCUT2D eigenvalue weighted by Gasteiger charge is 2.16. The molecule has 4 nitrogen and oxygen atoms in total. The largest absolute Gasteiger partial charge is 0.496 e. The van der Waals surface area contributed by atoms with E-state index in [4.69, 9.17) is 10.6 Å². The molecule has 1 atom stereocenters. The average molecular weight is 261 g/mol. The summed E-state index contributed by atoms with van der Waals surface area (Å²) in [5.74, 6) is 5.92. The van der Waals surface area contributed by atoms with Gasteiger partial charge < -0.3 is 4.74 Å². The summed E-state index contributed by atoms with van der Waals surface area (Å²) >= 11 is 0. The van der Waals surface area contributed by atoms with Crippen molar-refractivity contribution >= 4 is 0 Å². The monoisotopic (exact) mass is 261 g/mol. The zero-order valence-electron chi connectivity index (χ0n) is 10.6. The molecule has 3 N–H and O–H groups in total. The molecule has 100 valence electrons. The zero-order valence-corrected chi connectivity index (χ0v) is 10.6. The number of rotatable bonds is 5. The first-order chi connectivity index (χ1) is 9.26. The van der Waals surface area contributed by atoms with E-state index in [1.165, 1.54) is 6.20 Å². The van der Waals surface area contributed by atoms with Crippen molar-refractivity contribution in [2.75, 3.05) is 7.11 Å². The number of hydrogen-bond donors (Lipinski definition) is 2. The van der Waals surface area contributed by atoms with Gasteiger partial charge >= 0.3 is 0 Å². The highest BCUT2D eigenvalue weighted by atomic mass is 19.1. The number of nitrogens with two attached hydrogens (primary N) is 1. The standard InChI is InChI=1S/C14H16FN3O/c1-19-14-5-3-2-4-10(14)8-13(18-16)11-6-7-17-9-12(11)15/h2-7,9,13,18H,8,16H2,1H3. The summed E-state index contributed by atoms with van der Waals surface area (Å²) in [6, 6.07) is 8.89. The highest BCUT2D eigenvalue weighted by Crippen LogP contribution is 2.25. The predicted molar refractivity (Wildman–Crippen MR) is 71.0 cm³/mol. The van der Waals surface area contributed by atoms with Crippen molar-refractivity contribution in [2.45, 2.75) is 12.5 Å². The summed E-state index contributed by atoms with van der Waals surface area (Å²) in [7, 11) is 1.61. The van der Waals surface area contributed by atoms with Crippen LogP contribution in [0.15, 0.2) is 42.7 Å². The highest BCUT2D eigenvalue weighted by molar-refractivity contribution is 5.35. The number of methoxy groups -OCH3 is 1. The molecule has 0 aliphatic heterocycles. The van der Waals surface area contributed by atoms with Crippen LogP contribution in [0, 0.1) is 5.82 Å². The van der Waals surface area contributed by atoms with E-state index in [1.807, 2.05) is 24.3 Å². The van der Waals surface area contributed by atoms with Gasteiger partial charge in [-0.2, -0.15) is 0 Å². The molecule has 0 radical (unpaired) electrons. The van der Waals surface area contributed by atoms with Crippen LogP contribution in [0.5, 0.6) is 5.75 Å². The van der Waals surface area contributed by atoms with Gasteiger partial charge in [-0.15, -0.1) is 0 Å². The third-order valence-electron chi connectivity index (χ3n) is 3.00. The maximum Gasteiger partial charge on any atom is 0.146 e. The van der Waals surface area contributed by atoms with E-state index in [1.54, 1.807) is 19.4 Å². The smallest absolute Gasteiger partial charge is 0.146 e. The first kappa shape index (κ1) is 13.5. The number of ether oxygens (including phenoxy) is 1. The molecule has 0 amide bonds. The number of nitrogens with zero attached hydrogens (tertiary/aromatic N) is 1. The van der Waals surface area contributed by atoms with Crippen molar-refractivity contribution in [3.63, 3.8) is 0 Å². The summed E-state index contributed by atoms with van der Waals surface area (Å²) < 4.78 is 19.0. The van der Waals surface area contributed by atoms with E-state index in [0.29, 0.717) is 12.0 Å². The van der Waals surface area contributed by atoms with Crippen LogP contribution in [-0.2, 0) is 6.42 Å². The summed E-state index contributed by atoms with van der Waals surface area (Å²) in [6.07, 6.45) is 3.26. The maximum atomic E-state index is 13.7. The summed E-state index contributed by atoms with van der Waals surface area (Å²) in [5.41, 5.74) is 4.09. The Morgan fingerprint density at radius 2 is 2.16 bits per heavy atom. The SMILES string of the molecule is COc1ccccc1CC(NN)c1ccncc1F. The van der Waals surface area contributed by atoms with Gasteiger partial charge in [0.2, 0.25) is 0 Å². The van der Waals surface area contributed by atoms with Gasteiger partial charge in [-0.25, -0.2) is 4.39 Å². The predicted octanol–water partition coefficient (Wildman–Crippen LogP) is 1.98. The zero-order chi connectivity index (χ0) is 13.7. The minimum Gasteiger partial charge on any atom is -0.496 e. The molecule has 0 saturated carbocycles. The van der Waals surface area contributed by atoms with Crippen LogP contribution in [-0.4, -0.2) is 12.1 Å². The van der Waals surface area contributed by atoms with Crippen molar-refractivity contribution in [3.8, 4) is 5.75 Å². The molecule has 1 aromatic carbocycles. The average Bonchev–Trinajstić information content (AvgIpc) is 2.46. The molecular formula is C14H16FN3O. The van der Waals surface area contributed by atoms with Gasteiger partial charge in [0, 0.05) is 11.8 Å². The van der Waals surface area contributed by atoms with Crippen molar-refractivity contribution in [3.05, 3.63) is 59.7 Å². The lowest BCUT2D eigenvalue weighted by molar-refractivity contribution is 0.404. The minimum atomic E-state index is -0.375. The Bertz CT molecular complexity index is 548. The van der Waals surface area contributed by atoms with Crippen molar-refractivity contribution < 1.29 is 9.13 Å². The van der Waals surface area contributed by atoms with E-state index >= 15 is 0 Å². The molecule has 0 aliphatic carbocycles. The summed E-state index contributed by atoms with van der Waals surface area (Å²) in [6.45, 7) is 0. The first-order valence-electron chi connectivity index (χ1n) is 5.93. The molecule has 19 heavy (non-hydrogen) atoms. The molecule has 1 heterocycles. The fourth-order valence-electron chi connectivity index (χ4n) is 2.02. The number of benzene rings is 1. The van der Waals surface area contributed by atoms with Gasteiger partial charge in [0.1, 0.15) is 11.6 Å². The molecule has 2 rings (SSSR count). The Labute approximate surface area is 111 Å². The van der Waals surface area contributed by atoms with Crippen molar-refractivity contribution in [1.82, 2.24) is 10.4 Å². The van der Waals surface area contributed by atoms with Gasteiger partial charge in [-0.05, 0) is 24.1 Å². The van der Waals surface area contributed by atoms with Crippen LogP contribution >= 0.6 is 0 Å². The third kappa shape index (κ3) is 3.07. The topological polar surface area (TPSA) is 60.2 Å². The molecule has 1 unspecified atom stereocenters. The Kier molecular flexibility index (Phi) is 4.43. The van der Waals surface area contributed by atoms with Gasteiger partial charge in [-0.3, -0.25) is 16.3 Å². The fourth-order valence-corrected chi connectivity index (χ4v) is 2.02. The molecule has 1 aromatic heterocycles. The Hall–Kier alpha value is -1.98. The van der Waals surface area contributed by atoms with Crippen LogP contribution in [0.1, 0.15) is 17.2 Å². The van der Waals surface area contributed by atoms with Gasteiger partial charge in [-0.1, -0.05) is 18.2 Å². The second-order valence-corrected chi connectivity index (χ2v) is 4.13. The van der Waals surface area contributed by atoms with Crippen LogP contribution in [0.4, 0.5) is 4.39 Å². The lowest BCUT2D eigenvalue weighted by Crippen LogP contribution is -2.30. The minimum absolute atomic E-state index is 0.334. The van der Waals surface area contributed by atoms with Crippen LogP contribution in [0.2, 0.25) is 0 Å². The normalized spacial score (nSPS) is 12.2. The van der Waals surface area contributed by atoms with E-state index in [0.717, 1.165) is 11.3 Å². The van der Waals surface area contributed by atoms with Crippen LogP contribution in [0.25, 0.3) is 0 Å². The van der Waals surface area contributed by atoms with E-state index in [-0.39, 0.29) is 11.9 Å². The second-order valence-electron chi connectivity index (χ2n) is 4.13. The Balaban J connectivity index is 2.27. The van der Waals surface area contributed by atoms with Gasteiger partial charge in [0.05, 0.1) is 19.3 Å². The quantitative estimate of drug-likeness (QED) is 0.638. The van der Waals surface area contributed by atoms with Gasteiger partial charge in [0.25, 0.3) is 0 Å². The van der Waals surface area contributed by atoms with E-state index in [2.05, 4.69) is 10.4 Å². The second kappa shape index (κ2) is 6.26. The number of hydrogen-bond acceptors (Lipinski definition) is 4. The molecule has 2 aromatic rings. The number of para-hydroxylation sites is 1. The summed E-state index contributed by atoms with van der Waals surface area (Å²) in [4.78, 5) is 3.73. The van der Waals surface area contributed by atoms with Crippen molar-refractivity contribution in [2.24, 2.45) is 5.84 Å². The molecule has 0 aliphatic rings. The molecule has 0 saturated heterocycles. The lowest BCUT2D eigenvalue weighted by atomic mass is 9.99. The first-order valence-corrected chi connectivity index (χ1v) is 5.93.